The lowest BCUT2D eigenvalue weighted by atomic mass is 10.2. The van der Waals surface area contributed by atoms with Gasteiger partial charge in [-0.25, -0.2) is 4.79 Å². The van der Waals surface area contributed by atoms with Crippen LogP contribution < -0.4 is 5.76 Å². The molecule has 0 aliphatic heterocycles. The highest BCUT2D eigenvalue weighted by atomic mass is 16.4. The maximum Gasteiger partial charge on any atom is 0.419 e. The molecular weight excluding hydrogens is 168 g/mol. The largest absolute Gasteiger partial charge is 0.419 e. The Morgan fingerprint density at radius 2 is 2.31 bits per heavy atom. The second-order valence-electron chi connectivity index (χ2n) is 2.72. The van der Waals surface area contributed by atoms with Gasteiger partial charge in [0, 0.05) is 13.1 Å². The van der Waals surface area contributed by atoms with Crippen LogP contribution in [0.3, 0.4) is 0 Å². The minimum absolute atomic E-state index is 0.412. The third kappa shape index (κ3) is 1.02. The van der Waals surface area contributed by atoms with E-state index in [1.165, 1.54) is 4.57 Å². The summed E-state index contributed by atoms with van der Waals surface area (Å²) in [5, 5.41) is 8.60. The predicted octanol–water partition coefficient (Wildman–Crippen LogP) is 1.00. The smallest absolute Gasteiger partial charge is 0.408 e. The first-order valence-corrected chi connectivity index (χ1v) is 3.72. The summed E-state index contributed by atoms with van der Waals surface area (Å²) in [4.78, 5) is 11.1. The molecule has 1 aromatic carbocycles. The third-order valence-corrected chi connectivity index (χ3v) is 1.92. The highest BCUT2D eigenvalue weighted by molar-refractivity contribution is 5.74. The van der Waals surface area contributed by atoms with Gasteiger partial charge in [0.05, 0.1) is 17.1 Å². The second-order valence-corrected chi connectivity index (χ2v) is 2.72. The van der Waals surface area contributed by atoms with Crippen molar-refractivity contribution in [2.24, 2.45) is 7.05 Å². The number of hydrogen-bond acceptors (Lipinski definition) is 3. The van der Waals surface area contributed by atoms with Crippen molar-refractivity contribution >= 4 is 11.1 Å². The Bertz CT molecular complexity index is 557. The van der Waals surface area contributed by atoms with Crippen molar-refractivity contribution in [2.45, 2.75) is 0 Å². The molecule has 0 bridgehead atoms. The van der Waals surface area contributed by atoms with Crippen LogP contribution in [0.2, 0.25) is 0 Å². The fourth-order valence-corrected chi connectivity index (χ4v) is 1.20. The van der Waals surface area contributed by atoms with Crippen LogP contribution >= 0.6 is 0 Å². The van der Waals surface area contributed by atoms with Crippen molar-refractivity contribution in [1.82, 2.24) is 4.57 Å². The Morgan fingerprint density at radius 3 is 3.00 bits per heavy atom. The zero-order valence-electron chi connectivity index (χ0n) is 6.94. The molecule has 0 fully saturated rings. The average Bonchev–Trinajstić information content (AvgIpc) is 2.42. The Labute approximate surface area is 73.6 Å². The van der Waals surface area contributed by atoms with E-state index in [0.717, 1.165) is 0 Å². The Morgan fingerprint density at radius 1 is 1.54 bits per heavy atom. The highest BCUT2D eigenvalue weighted by Gasteiger charge is 2.05. The minimum atomic E-state index is -0.412. The Hall–Kier alpha value is -2.02. The van der Waals surface area contributed by atoms with Crippen LogP contribution in [0.4, 0.5) is 0 Å². The van der Waals surface area contributed by atoms with Crippen molar-refractivity contribution in [3.05, 3.63) is 34.3 Å². The molecule has 0 saturated heterocycles. The molecule has 0 aliphatic rings. The molecule has 1 heterocycles. The molecule has 0 atom stereocenters. The summed E-state index contributed by atoms with van der Waals surface area (Å²) in [5.74, 6) is -0.412. The number of oxazole rings is 1. The van der Waals surface area contributed by atoms with Gasteiger partial charge in [0.25, 0.3) is 0 Å². The van der Waals surface area contributed by atoms with Gasteiger partial charge in [0.2, 0.25) is 0 Å². The molecule has 13 heavy (non-hydrogen) atoms. The zero-order chi connectivity index (χ0) is 9.42. The zero-order valence-corrected chi connectivity index (χ0v) is 6.94. The third-order valence-electron chi connectivity index (χ3n) is 1.92. The first-order valence-electron chi connectivity index (χ1n) is 3.72. The van der Waals surface area contributed by atoms with E-state index in [1.807, 2.05) is 6.07 Å². The van der Waals surface area contributed by atoms with Gasteiger partial charge in [-0.05, 0) is 12.1 Å². The van der Waals surface area contributed by atoms with E-state index < -0.39 is 5.76 Å². The van der Waals surface area contributed by atoms with Crippen LogP contribution in [0.1, 0.15) is 5.56 Å². The molecule has 0 unspecified atom stereocenters. The molecule has 0 N–H and O–H groups in total. The number of rotatable bonds is 0. The number of nitriles is 1. The van der Waals surface area contributed by atoms with E-state index in [4.69, 9.17) is 9.68 Å². The minimum Gasteiger partial charge on any atom is -0.408 e. The van der Waals surface area contributed by atoms with E-state index in [-0.39, 0.29) is 0 Å². The number of nitrogens with zero attached hydrogens (tertiary/aromatic N) is 2. The molecule has 1 aromatic heterocycles. The van der Waals surface area contributed by atoms with Crippen LogP contribution in [-0.4, -0.2) is 4.57 Å². The lowest BCUT2D eigenvalue weighted by molar-refractivity contribution is 0.528. The molecule has 2 aromatic rings. The van der Waals surface area contributed by atoms with Crippen molar-refractivity contribution < 1.29 is 4.42 Å². The summed E-state index contributed by atoms with van der Waals surface area (Å²) >= 11 is 0. The van der Waals surface area contributed by atoms with Crippen LogP contribution in [0.25, 0.3) is 11.1 Å². The highest BCUT2D eigenvalue weighted by Crippen LogP contribution is 2.13. The van der Waals surface area contributed by atoms with E-state index in [9.17, 15) is 4.79 Å². The molecule has 4 nitrogen and oxygen atoms in total. The molecule has 2 rings (SSSR count). The van der Waals surface area contributed by atoms with Crippen molar-refractivity contribution in [1.29, 1.82) is 5.26 Å². The summed E-state index contributed by atoms with van der Waals surface area (Å²) in [7, 11) is 1.63. The molecule has 4 heteroatoms. The maximum atomic E-state index is 11.1. The number of aromatic nitrogens is 1. The first kappa shape index (κ1) is 7.62. The van der Waals surface area contributed by atoms with Gasteiger partial charge in [-0.15, -0.1) is 0 Å². The fourth-order valence-electron chi connectivity index (χ4n) is 1.20. The molecule has 0 radical (unpaired) electrons. The Balaban J connectivity index is 2.90. The van der Waals surface area contributed by atoms with Gasteiger partial charge in [-0.2, -0.15) is 5.26 Å². The van der Waals surface area contributed by atoms with Crippen LogP contribution in [-0.2, 0) is 7.05 Å². The topological polar surface area (TPSA) is 58.9 Å². The monoisotopic (exact) mass is 174 g/mol. The molecule has 0 saturated carbocycles. The standard InChI is InChI=1S/C9H6N2O2/c1-11-7-3-2-6(5-10)4-8(7)13-9(11)12/h2-4H,1H3. The summed E-state index contributed by atoms with van der Waals surface area (Å²) in [6.07, 6.45) is 0. The van der Waals surface area contributed by atoms with Crippen molar-refractivity contribution in [3.8, 4) is 6.07 Å². The Kier molecular flexibility index (Phi) is 1.46. The first-order chi connectivity index (χ1) is 6.22. The lowest BCUT2D eigenvalue weighted by Gasteiger charge is -1.90. The summed E-state index contributed by atoms with van der Waals surface area (Å²) < 4.78 is 6.30. The van der Waals surface area contributed by atoms with Crippen molar-refractivity contribution in [2.75, 3.05) is 0 Å². The summed E-state index contributed by atoms with van der Waals surface area (Å²) in [6, 6.07) is 6.87. The van der Waals surface area contributed by atoms with Crippen molar-refractivity contribution in [3.63, 3.8) is 0 Å². The van der Waals surface area contributed by atoms with E-state index in [0.29, 0.717) is 16.7 Å². The number of hydrogen-bond donors (Lipinski definition) is 0. The van der Waals surface area contributed by atoms with Gasteiger partial charge < -0.3 is 4.42 Å². The molecular formula is C9H6N2O2. The number of fused-ring (bicyclic) bond motifs is 1. The molecule has 0 spiro atoms. The number of benzene rings is 1. The quantitative estimate of drug-likeness (QED) is 0.598. The second kappa shape index (κ2) is 2.49. The van der Waals surface area contributed by atoms with E-state index in [1.54, 1.807) is 25.2 Å². The maximum absolute atomic E-state index is 11.1. The van der Waals surface area contributed by atoms with E-state index in [2.05, 4.69) is 0 Å². The normalized spacial score (nSPS) is 10.2. The summed E-state index contributed by atoms with van der Waals surface area (Å²) in [6.45, 7) is 0. The van der Waals surface area contributed by atoms with Crippen LogP contribution in [0, 0.1) is 11.3 Å². The fraction of sp³-hybridized carbons (Fsp3) is 0.111. The average molecular weight is 174 g/mol. The van der Waals surface area contributed by atoms with Gasteiger partial charge >= 0.3 is 5.76 Å². The molecule has 0 aliphatic carbocycles. The lowest BCUT2D eigenvalue weighted by Crippen LogP contribution is -2.08. The van der Waals surface area contributed by atoms with Crippen LogP contribution in [0.15, 0.2) is 27.4 Å². The predicted molar refractivity (Wildman–Crippen MR) is 46.2 cm³/mol. The van der Waals surface area contributed by atoms with Gasteiger partial charge in [0.1, 0.15) is 0 Å². The van der Waals surface area contributed by atoms with Gasteiger partial charge in [-0.3, -0.25) is 4.57 Å². The van der Waals surface area contributed by atoms with Gasteiger partial charge in [0.15, 0.2) is 5.58 Å². The number of aryl methyl sites for hydroxylation is 1. The van der Waals surface area contributed by atoms with Gasteiger partial charge in [-0.1, -0.05) is 0 Å². The molecule has 0 amide bonds. The summed E-state index contributed by atoms with van der Waals surface area (Å²) in [5.41, 5.74) is 1.64. The SMILES string of the molecule is Cn1c(=O)oc2cc(C#N)ccc21. The molecule has 64 valence electrons. The van der Waals surface area contributed by atoms with Crippen LogP contribution in [0.5, 0.6) is 0 Å². The van der Waals surface area contributed by atoms with E-state index >= 15 is 0 Å².